The Labute approximate surface area is 138 Å². The molecule has 24 heavy (non-hydrogen) atoms. The molecule has 8 nitrogen and oxygen atoms in total. The van der Waals surface area contributed by atoms with Gasteiger partial charge in [-0.25, -0.2) is 9.69 Å². The van der Waals surface area contributed by atoms with Crippen molar-refractivity contribution in [2.75, 3.05) is 33.9 Å². The Hall–Kier alpha value is -2.77. The third kappa shape index (κ3) is 2.64. The molecule has 3 amide bonds. The fraction of sp³-hybridized carbons (Fsp3) is 0.438. The molecule has 0 unspecified atom stereocenters. The van der Waals surface area contributed by atoms with Crippen LogP contribution in [0.5, 0.6) is 11.5 Å². The SMILES string of the molecule is COc1cccc(C(=O)N2CC[C@@H](N3C(=O)COC3=O)C2)c1OC. The number of imide groups is 1. The molecule has 0 aromatic heterocycles. The molecule has 0 bridgehead atoms. The summed E-state index contributed by atoms with van der Waals surface area (Å²) >= 11 is 0. The quantitative estimate of drug-likeness (QED) is 0.813. The number of benzene rings is 1. The summed E-state index contributed by atoms with van der Waals surface area (Å²) in [5.41, 5.74) is 0.382. The summed E-state index contributed by atoms with van der Waals surface area (Å²) in [6.07, 6.45) is -0.114. The van der Waals surface area contributed by atoms with Gasteiger partial charge in [0, 0.05) is 13.1 Å². The highest BCUT2D eigenvalue weighted by Crippen LogP contribution is 2.32. The van der Waals surface area contributed by atoms with E-state index in [-0.39, 0.29) is 31.0 Å². The first-order valence-corrected chi connectivity index (χ1v) is 7.56. The predicted octanol–water partition coefficient (Wildman–Crippen LogP) is 0.897. The van der Waals surface area contributed by atoms with E-state index in [1.807, 2.05) is 0 Å². The number of carbonyl (C=O) groups excluding carboxylic acids is 3. The molecule has 2 aliphatic heterocycles. The number of para-hydroxylation sites is 1. The molecule has 3 rings (SSSR count). The average molecular weight is 334 g/mol. The molecular formula is C16H18N2O6. The van der Waals surface area contributed by atoms with E-state index in [4.69, 9.17) is 14.2 Å². The Morgan fingerprint density at radius 1 is 1.25 bits per heavy atom. The van der Waals surface area contributed by atoms with Crippen molar-refractivity contribution in [3.63, 3.8) is 0 Å². The molecule has 1 atom stereocenters. The van der Waals surface area contributed by atoms with Gasteiger partial charge in [-0.3, -0.25) is 9.59 Å². The monoisotopic (exact) mass is 334 g/mol. The van der Waals surface area contributed by atoms with Crippen molar-refractivity contribution in [3.05, 3.63) is 23.8 Å². The maximum Gasteiger partial charge on any atom is 0.417 e. The Kier molecular flexibility index (Phi) is 4.28. The highest BCUT2D eigenvalue weighted by Gasteiger charge is 2.41. The van der Waals surface area contributed by atoms with Crippen LogP contribution < -0.4 is 9.47 Å². The van der Waals surface area contributed by atoms with Crippen molar-refractivity contribution in [2.45, 2.75) is 12.5 Å². The van der Waals surface area contributed by atoms with E-state index < -0.39 is 6.09 Å². The summed E-state index contributed by atoms with van der Waals surface area (Å²) in [4.78, 5) is 38.9. The smallest absolute Gasteiger partial charge is 0.417 e. The van der Waals surface area contributed by atoms with Gasteiger partial charge >= 0.3 is 6.09 Å². The van der Waals surface area contributed by atoms with Crippen molar-refractivity contribution in [2.24, 2.45) is 0 Å². The van der Waals surface area contributed by atoms with E-state index in [1.165, 1.54) is 14.2 Å². The van der Waals surface area contributed by atoms with Crippen LogP contribution in [0.3, 0.4) is 0 Å². The highest BCUT2D eigenvalue weighted by molar-refractivity contribution is 5.99. The number of hydrogen-bond donors (Lipinski definition) is 0. The number of ether oxygens (including phenoxy) is 3. The molecule has 1 aromatic rings. The number of likely N-dealkylation sites (tertiary alicyclic amines) is 1. The topological polar surface area (TPSA) is 85.4 Å². The van der Waals surface area contributed by atoms with Crippen molar-refractivity contribution >= 4 is 17.9 Å². The Morgan fingerprint density at radius 2 is 2.04 bits per heavy atom. The van der Waals surface area contributed by atoms with E-state index in [9.17, 15) is 14.4 Å². The molecule has 0 saturated carbocycles. The fourth-order valence-corrected chi connectivity index (χ4v) is 3.08. The number of carbonyl (C=O) groups is 3. The molecule has 2 saturated heterocycles. The van der Waals surface area contributed by atoms with Crippen LogP contribution in [0.4, 0.5) is 4.79 Å². The number of amides is 3. The molecule has 128 valence electrons. The van der Waals surface area contributed by atoms with Crippen LogP contribution in [-0.4, -0.2) is 67.7 Å². The summed E-state index contributed by atoms with van der Waals surface area (Å²) in [5, 5.41) is 0. The molecule has 2 fully saturated rings. The van der Waals surface area contributed by atoms with Crippen LogP contribution in [0.15, 0.2) is 18.2 Å². The zero-order chi connectivity index (χ0) is 17.3. The van der Waals surface area contributed by atoms with Gasteiger partial charge in [-0.15, -0.1) is 0 Å². The van der Waals surface area contributed by atoms with Gasteiger partial charge in [0.1, 0.15) is 0 Å². The second kappa shape index (κ2) is 6.38. The standard InChI is InChI=1S/C16H18N2O6/c1-22-12-5-3-4-11(14(12)23-2)15(20)17-7-6-10(8-17)18-13(19)9-24-16(18)21/h3-5,10H,6-9H2,1-2H3/t10-/m1/s1. The lowest BCUT2D eigenvalue weighted by Gasteiger charge is -2.21. The zero-order valence-electron chi connectivity index (χ0n) is 13.5. The first kappa shape index (κ1) is 16.1. The van der Waals surface area contributed by atoms with E-state index >= 15 is 0 Å². The lowest BCUT2D eigenvalue weighted by Crippen LogP contribution is -2.42. The summed E-state index contributed by atoms with van der Waals surface area (Å²) < 4.78 is 15.2. The van der Waals surface area contributed by atoms with Gasteiger partial charge in [0.2, 0.25) is 0 Å². The predicted molar refractivity (Wildman–Crippen MR) is 82.0 cm³/mol. The van der Waals surface area contributed by atoms with Crippen LogP contribution >= 0.6 is 0 Å². The molecule has 8 heteroatoms. The highest BCUT2D eigenvalue weighted by atomic mass is 16.6. The molecule has 1 aromatic carbocycles. The summed E-state index contributed by atoms with van der Waals surface area (Å²) in [6, 6.07) is 4.73. The van der Waals surface area contributed by atoms with Gasteiger partial charge in [0.15, 0.2) is 18.1 Å². The third-order valence-electron chi connectivity index (χ3n) is 4.23. The summed E-state index contributed by atoms with van der Waals surface area (Å²) in [7, 11) is 2.98. The first-order chi connectivity index (χ1) is 11.6. The normalized spacial score (nSPS) is 20.3. The van der Waals surface area contributed by atoms with Crippen LogP contribution in [0.1, 0.15) is 16.8 Å². The largest absolute Gasteiger partial charge is 0.493 e. The van der Waals surface area contributed by atoms with Crippen LogP contribution in [0.25, 0.3) is 0 Å². The van der Waals surface area contributed by atoms with Crippen LogP contribution in [0.2, 0.25) is 0 Å². The summed E-state index contributed by atoms with van der Waals surface area (Å²) in [5.74, 6) is 0.244. The van der Waals surface area contributed by atoms with Gasteiger partial charge < -0.3 is 19.1 Å². The van der Waals surface area contributed by atoms with Gasteiger partial charge in [-0.05, 0) is 18.6 Å². The maximum absolute atomic E-state index is 12.8. The Balaban J connectivity index is 1.78. The molecule has 0 aliphatic carbocycles. The van der Waals surface area contributed by atoms with Crippen molar-refractivity contribution in [3.8, 4) is 11.5 Å². The van der Waals surface area contributed by atoms with Gasteiger partial charge in [-0.2, -0.15) is 0 Å². The second-order valence-corrected chi connectivity index (χ2v) is 5.55. The van der Waals surface area contributed by atoms with E-state index in [2.05, 4.69) is 0 Å². The van der Waals surface area contributed by atoms with E-state index in [0.717, 1.165) is 4.90 Å². The summed E-state index contributed by atoms with van der Waals surface area (Å²) in [6.45, 7) is 0.494. The molecule has 2 aliphatic rings. The van der Waals surface area contributed by atoms with E-state index in [1.54, 1.807) is 23.1 Å². The lowest BCUT2D eigenvalue weighted by atomic mass is 10.1. The van der Waals surface area contributed by atoms with Gasteiger partial charge in [0.05, 0.1) is 25.8 Å². The molecule has 2 heterocycles. The lowest BCUT2D eigenvalue weighted by molar-refractivity contribution is -0.127. The molecule has 0 spiro atoms. The van der Waals surface area contributed by atoms with Crippen molar-refractivity contribution in [1.29, 1.82) is 0 Å². The number of hydrogen-bond acceptors (Lipinski definition) is 6. The molecular weight excluding hydrogens is 316 g/mol. The average Bonchev–Trinajstić information content (AvgIpc) is 3.19. The van der Waals surface area contributed by atoms with Crippen LogP contribution in [-0.2, 0) is 9.53 Å². The first-order valence-electron chi connectivity index (χ1n) is 7.56. The van der Waals surface area contributed by atoms with Gasteiger partial charge in [0.25, 0.3) is 11.8 Å². The zero-order valence-corrected chi connectivity index (χ0v) is 13.5. The van der Waals surface area contributed by atoms with Gasteiger partial charge in [-0.1, -0.05) is 6.07 Å². The maximum atomic E-state index is 12.8. The minimum atomic E-state index is -0.641. The molecule has 0 radical (unpaired) electrons. The Bertz CT molecular complexity index is 673. The van der Waals surface area contributed by atoms with Crippen LogP contribution in [0, 0.1) is 0 Å². The molecule has 0 N–H and O–H groups in total. The minimum absolute atomic E-state index is 0.228. The third-order valence-corrected chi connectivity index (χ3v) is 4.23. The second-order valence-electron chi connectivity index (χ2n) is 5.55. The van der Waals surface area contributed by atoms with E-state index in [0.29, 0.717) is 30.0 Å². The number of cyclic esters (lactones) is 1. The fourth-order valence-electron chi connectivity index (χ4n) is 3.08. The minimum Gasteiger partial charge on any atom is -0.493 e. The number of nitrogens with zero attached hydrogens (tertiary/aromatic N) is 2. The number of rotatable bonds is 4. The van der Waals surface area contributed by atoms with Crippen molar-refractivity contribution < 1.29 is 28.6 Å². The van der Waals surface area contributed by atoms with Crippen molar-refractivity contribution in [1.82, 2.24) is 9.80 Å². The Morgan fingerprint density at radius 3 is 2.67 bits per heavy atom. The number of methoxy groups -OCH3 is 2.